The number of nitroso groups, excluding NO2 is 1. The maximum absolute atomic E-state index is 11.3. The Bertz CT molecular complexity index is 418. The summed E-state index contributed by atoms with van der Waals surface area (Å²) >= 11 is 0. The predicted octanol–water partition coefficient (Wildman–Crippen LogP) is 1.04. The Labute approximate surface area is 93.2 Å². The number of hydrogen-bond donors (Lipinski definition) is 2. The third kappa shape index (κ3) is 2.25. The van der Waals surface area contributed by atoms with Gasteiger partial charge in [0.25, 0.3) is 0 Å². The fraction of sp³-hybridized carbons (Fsp3) is 0.364. The summed E-state index contributed by atoms with van der Waals surface area (Å²) in [5.74, 6) is -0.367. The topological polar surface area (TPSA) is 70.6 Å². The minimum absolute atomic E-state index is 0.336. The first-order chi connectivity index (χ1) is 7.81. The number of carbonyl (C=O) groups is 1. The molecule has 1 aromatic carbocycles. The minimum atomic E-state index is -0.367. The Kier molecular flexibility index (Phi) is 3.26. The van der Waals surface area contributed by atoms with Gasteiger partial charge in [0.05, 0.1) is 0 Å². The number of nitrogens with zero attached hydrogens (tertiary/aromatic N) is 1. The summed E-state index contributed by atoms with van der Waals surface area (Å²) in [6.45, 7) is 1.37. The maximum Gasteiger partial charge on any atom is 0.249 e. The quantitative estimate of drug-likeness (QED) is 0.746. The lowest BCUT2D eigenvalue weighted by molar-refractivity contribution is -0.114. The van der Waals surface area contributed by atoms with Gasteiger partial charge in [-0.1, -0.05) is 17.3 Å². The van der Waals surface area contributed by atoms with Crippen molar-refractivity contribution in [2.45, 2.75) is 13.0 Å². The number of carbonyl (C=O) groups excluding carboxylic acids is 1. The molecule has 1 aromatic rings. The molecule has 1 heterocycles. The van der Waals surface area contributed by atoms with Crippen molar-refractivity contribution in [3.8, 4) is 0 Å². The van der Waals surface area contributed by atoms with Crippen LogP contribution in [0.5, 0.6) is 0 Å². The molecular formula is C11H13N3O2. The molecule has 0 bridgehead atoms. The van der Waals surface area contributed by atoms with Gasteiger partial charge in [-0.2, -0.15) is 4.91 Å². The van der Waals surface area contributed by atoms with E-state index in [4.69, 9.17) is 0 Å². The summed E-state index contributed by atoms with van der Waals surface area (Å²) < 4.78 is 0. The number of benzene rings is 1. The zero-order valence-electron chi connectivity index (χ0n) is 8.82. The van der Waals surface area contributed by atoms with Gasteiger partial charge in [-0.05, 0) is 30.2 Å². The van der Waals surface area contributed by atoms with E-state index in [0.29, 0.717) is 0 Å². The monoisotopic (exact) mass is 219 g/mol. The van der Waals surface area contributed by atoms with Gasteiger partial charge in [0.1, 0.15) is 0 Å². The highest BCUT2D eigenvalue weighted by Gasteiger charge is 2.13. The predicted molar refractivity (Wildman–Crippen MR) is 61.1 cm³/mol. The van der Waals surface area contributed by atoms with Crippen molar-refractivity contribution in [1.82, 2.24) is 5.32 Å². The molecule has 0 saturated carbocycles. The van der Waals surface area contributed by atoms with Crippen LogP contribution >= 0.6 is 0 Å². The van der Waals surface area contributed by atoms with E-state index in [2.05, 4.69) is 21.9 Å². The van der Waals surface area contributed by atoms with E-state index in [1.807, 2.05) is 12.1 Å². The molecule has 0 aliphatic carbocycles. The van der Waals surface area contributed by atoms with Gasteiger partial charge < -0.3 is 10.6 Å². The van der Waals surface area contributed by atoms with Crippen molar-refractivity contribution in [2.75, 3.05) is 18.4 Å². The van der Waals surface area contributed by atoms with Crippen LogP contribution < -0.4 is 10.6 Å². The summed E-state index contributed by atoms with van der Waals surface area (Å²) in [7, 11) is 0. The van der Waals surface area contributed by atoms with Crippen LogP contribution in [-0.2, 0) is 17.8 Å². The standard InChI is InChI=1S/C11H13N3O2/c15-11(7-13-16)14-10-3-1-2-8-4-5-12-6-9(8)10/h1-3,12H,4-7H2,(H,14,15). The molecule has 2 rings (SSSR count). The van der Waals surface area contributed by atoms with Crippen molar-refractivity contribution in [2.24, 2.45) is 5.18 Å². The second-order valence-corrected chi connectivity index (χ2v) is 3.71. The van der Waals surface area contributed by atoms with E-state index in [1.165, 1.54) is 5.56 Å². The molecule has 0 radical (unpaired) electrons. The van der Waals surface area contributed by atoms with Gasteiger partial charge in [0.15, 0.2) is 6.54 Å². The van der Waals surface area contributed by atoms with E-state index >= 15 is 0 Å². The summed E-state index contributed by atoms with van der Waals surface area (Å²) in [6.07, 6.45) is 0.963. The lowest BCUT2D eigenvalue weighted by atomic mass is 9.99. The van der Waals surface area contributed by atoms with Crippen LogP contribution in [-0.4, -0.2) is 19.0 Å². The molecule has 84 valence electrons. The largest absolute Gasteiger partial charge is 0.324 e. The smallest absolute Gasteiger partial charge is 0.249 e. The van der Waals surface area contributed by atoms with Crippen molar-refractivity contribution in [1.29, 1.82) is 0 Å². The van der Waals surface area contributed by atoms with Crippen LogP contribution in [0.25, 0.3) is 0 Å². The summed E-state index contributed by atoms with van der Waals surface area (Å²) in [5, 5.41) is 8.51. The van der Waals surface area contributed by atoms with Crippen molar-refractivity contribution in [3.63, 3.8) is 0 Å². The van der Waals surface area contributed by atoms with E-state index in [1.54, 1.807) is 0 Å². The van der Waals surface area contributed by atoms with Crippen molar-refractivity contribution in [3.05, 3.63) is 34.2 Å². The fourth-order valence-electron chi connectivity index (χ4n) is 1.88. The van der Waals surface area contributed by atoms with Crippen LogP contribution in [0, 0.1) is 4.91 Å². The summed E-state index contributed by atoms with van der Waals surface area (Å²) in [6, 6.07) is 5.81. The van der Waals surface area contributed by atoms with Crippen LogP contribution in [0.4, 0.5) is 5.69 Å². The molecule has 1 amide bonds. The molecule has 0 spiro atoms. The van der Waals surface area contributed by atoms with E-state index in [9.17, 15) is 9.70 Å². The third-order valence-corrected chi connectivity index (χ3v) is 2.63. The Morgan fingerprint density at radius 2 is 2.38 bits per heavy atom. The Morgan fingerprint density at radius 1 is 1.50 bits per heavy atom. The van der Waals surface area contributed by atoms with Crippen LogP contribution in [0.2, 0.25) is 0 Å². The highest BCUT2D eigenvalue weighted by molar-refractivity contribution is 5.93. The average molecular weight is 219 g/mol. The highest BCUT2D eigenvalue weighted by Crippen LogP contribution is 2.22. The first-order valence-electron chi connectivity index (χ1n) is 5.21. The fourth-order valence-corrected chi connectivity index (χ4v) is 1.88. The molecular weight excluding hydrogens is 206 g/mol. The number of hydrogen-bond acceptors (Lipinski definition) is 4. The van der Waals surface area contributed by atoms with Gasteiger partial charge in [-0.3, -0.25) is 4.79 Å². The SMILES string of the molecule is O=NCC(=O)Nc1cccc2c1CNCC2. The molecule has 0 fully saturated rings. The van der Waals surface area contributed by atoms with Crippen molar-refractivity contribution < 1.29 is 4.79 Å². The van der Waals surface area contributed by atoms with Crippen LogP contribution in [0.1, 0.15) is 11.1 Å². The van der Waals surface area contributed by atoms with Crippen molar-refractivity contribution >= 4 is 11.6 Å². The highest BCUT2D eigenvalue weighted by atomic mass is 16.3. The van der Waals surface area contributed by atoms with Gasteiger partial charge >= 0.3 is 0 Å². The zero-order chi connectivity index (χ0) is 11.4. The number of anilines is 1. The Hall–Kier alpha value is -1.75. The second kappa shape index (κ2) is 4.85. The molecule has 1 aliphatic rings. The lowest BCUT2D eigenvalue weighted by Gasteiger charge is -2.20. The Morgan fingerprint density at radius 3 is 3.19 bits per heavy atom. The number of nitrogens with one attached hydrogen (secondary N) is 2. The third-order valence-electron chi connectivity index (χ3n) is 2.63. The second-order valence-electron chi connectivity index (χ2n) is 3.71. The van der Waals surface area contributed by atoms with Gasteiger partial charge in [-0.25, -0.2) is 0 Å². The zero-order valence-corrected chi connectivity index (χ0v) is 8.82. The number of rotatable bonds is 3. The summed E-state index contributed by atoms with van der Waals surface area (Å²) in [4.78, 5) is 21.2. The average Bonchev–Trinajstić information content (AvgIpc) is 2.30. The maximum atomic E-state index is 11.3. The normalized spacial score (nSPS) is 14.0. The lowest BCUT2D eigenvalue weighted by Crippen LogP contribution is -2.26. The molecule has 0 saturated heterocycles. The first kappa shape index (κ1) is 10.8. The van der Waals surface area contributed by atoms with Crippen LogP contribution in [0.15, 0.2) is 23.4 Å². The number of fused-ring (bicyclic) bond motifs is 1. The molecule has 5 heteroatoms. The first-order valence-corrected chi connectivity index (χ1v) is 5.21. The molecule has 2 N–H and O–H groups in total. The van der Waals surface area contributed by atoms with Gasteiger partial charge in [-0.15, -0.1) is 0 Å². The minimum Gasteiger partial charge on any atom is -0.324 e. The van der Waals surface area contributed by atoms with Gasteiger partial charge in [0.2, 0.25) is 5.91 Å². The number of amides is 1. The van der Waals surface area contributed by atoms with E-state index < -0.39 is 0 Å². The molecule has 0 unspecified atom stereocenters. The van der Waals surface area contributed by atoms with E-state index in [-0.39, 0.29) is 12.5 Å². The Balaban J connectivity index is 2.20. The van der Waals surface area contributed by atoms with Gasteiger partial charge in [0, 0.05) is 12.2 Å². The van der Waals surface area contributed by atoms with E-state index in [0.717, 1.165) is 30.8 Å². The molecule has 0 atom stereocenters. The molecule has 1 aliphatic heterocycles. The summed E-state index contributed by atoms with van der Waals surface area (Å²) in [5.41, 5.74) is 3.13. The van der Waals surface area contributed by atoms with Crippen LogP contribution in [0.3, 0.4) is 0 Å². The molecule has 16 heavy (non-hydrogen) atoms. The molecule has 5 nitrogen and oxygen atoms in total. The molecule has 0 aromatic heterocycles.